The standard InChI is InChI=1S/C13H19N3OS/c1-2-13(6-14-3-1)15-18-5-4-16-7-11-9-17-10-12(11)8-16/h1-3,6,11-12,15H,4-5,7-10H2. The molecule has 2 unspecified atom stereocenters. The van der Waals surface area contributed by atoms with Gasteiger partial charge in [-0.25, -0.2) is 0 Å². The summed E-state index contributed by atoms with van der Waals surface area (Å²) in [6.45, 7) is 5.55. The number of ether oxygens (including phenoxy) is 1. The van der Waals surface area contributed by atoms with Crippen LogP contribution >= 0.6 is 11.9 Å². The molecule has 4 nitrogen and oxygen atoms in total. The molecule has 18 heavy (non-hydrogen) atoms. The SMILES string of the molecule is c1cncc(NSCCN2CC3COCC3C2)c1. The van der Waals surface area contributed by atoms with Crippen LogP contribution in [0.15, 0.2) is 24.5 Å². The van der Waals surface area contributed by atoms with E-state index in [1.165, 1.54) is 13.1 Å². The third-order valence-electron chi connectivity index (χ3n) is 3.68. The van der Waals surface area contributed by atoms with Crippen LogP contribution in [0.3, 0.4) is 0 Å². The predicted molar refractivity (Wildman–Crippen MR) is 74.6 cm³/mol. The zero-order chi connectivity index (χ0) is 12.2. The lowest BCUT2D eigenvalue weighted by atomic mass is 10.0. The normalized spacial score (nSPS) is 27.3. The third kappa shape index (κ3) is 2.96. The van der Waals surface area contributed by atoms with Gasteiger partial charge in [0.15, 0.2) is 0 Å². The van der Waals surface area contributed by atoms with Crippen LogP contribution in [0.4, 0.5) is 5.69 Å². The fraction of sp³-hybridized carbons (Fsp3) is 0.615. The number of rotatable bonds is 5. The summed E-state index contributed by atoms with van der Waals surface area (Å²) < 4.78 is 8.81. The van der Waals surface area contributed by atoms with Crippen LogP contribution in [-0.4, -0.2) is 48.5 Å². The van der Waals surface area contributed by atoms with Crippen LogP contribution in [0.1, 0.15) is 0 Å². The van der Waals surface area contributed by atoms with E-state index in [0.29, 0.717) is 0 Å². The lowest BCUT2D eigenvalue weighted by Gasteiger charge is -2.16. The minimum Gasteiger partial charge on any atom is -0.381 e. The van der Waals surface area contributed by atoms with Gasteiger partial charge in [0.2, 0.25) is 0 Å². The Labute approximate surface area is 112 Å². The summed E-state index contributed by atoms with van der Waals surface area (Å²) in [5.74, 6) is 2.69. The van der Waals surface area contributed by atoms with E-state index in [0.717, 1.165) is 43.0 Å². The molecule has 3 heterocycles. The van der Waals surface area contributed by atoms with Crippen molar-refractivity contribution in [3.05, 3.63) is 24.5 Å². The summed E-state index contributed by atoms with van der Waals surface area (Å²) in [6.07, 6.45) is 3.64. The molecule has 5 heteroatoms. The zero-order valence-corrected chi connectivity index (χ0v) is 11.2. The molecular formula is C13H19N3OS. The number of nitrogens with one attached hydrogen (secondary N) is 1. The van der Waals surface area contributed by atoms with Gasteiger partial charge in [0.25, 0.3) is 0 Å². The van der Waals surface area contributed by atoms with Gasteiger partial charge in [-0.3, -0.25) is 4.98 Å². The van der Waals surface area contributed by atoms with Crippen molar-refractivity contribution in [2.75, 3.05) is 43.3 Å². The zero-order valence-electron chi connectivity index (χ0n) is 10.4. The van der Waals surface area contributed by atoms with Crippen molar-refractivity contribution in [3.63, 3.8) is 0 Å². The molecular weight excluding hydrogens is 246 g/mol. The van der Waals surface area contributed by atoms with Crippen molar-refractivity contribution < 1.29 is 4.74 Å². The first-order valence-corrected chi connectivity index (χ1v) is 7.48. The molecule has 0 amide bonds. The molecule has 0 spiro atoms. The van der Waals surface area contributed by atoms with Crippen LogP contribution in [0.5, 0.6) is 0 Å². The highest BCUT2D eigenvalue weighted by atomic mass is 32.2. The van der Waals surface area contributed by atoms with Crippen LogP contribution in [-0.2, 0) is 4.74 Å². The largest absolute Gasteiger partial charge is 0.381 e. The highest BCUT2D eigenvalue weighted by molar-refractivity contribution is 8.00. The monoisotopic (exact) mass is 265 g/mol. The van der Waals surface area contributed by atoms with E-state index in [-0.39, 0.29) is 0 Å². The van der Waals surface area contributed by atoms with Crippen molar-refractivity contribution in [2.45, 2.75) is 0 Å². The second-order valence-corrected chi connectivity index (χ2v) is 5.91. The summed E-state index contributed by atoms with van der Waals surface area (Å²) in [5.41, 5.74) is 1.08. The van der Waals surface area contributed by atoms with Crippen molar-refractivity contribution in [2.24, 2.45) is 11.8 Å². The molecule has 0 bridgehead atoms. The Morgan fingerprint density at radius 1 is 1.39 bits per heavy atom. The lowest BCUT2D eigenvalue weighted by Crippen LogP contribution is -2.25. The van der Waals surface area contributed by atoms with E-state index in [2.05, 4.69) is 14.6 Å². The number of hydrogen-bond donors (Lipinski definition) is 1. The molecule has 3 rings (SSSR count). The molecule has 2 aliphatic rings. The van der Waals surface area contributed by atoms with E-state index < -0.39 is 0 Å². The van der Waals surface area contributed by atoms with Crippen molar-refractivity contribution in [1.29, 1.82) is 0 Å². The molecule has 2 saturated heterocycles. The summed E-state index contributed by atoms with van der Waals surface area (Å²) in [6, 6.07) is 3.99. The quantitative estimate of drug-likeness (QED) is 0.648. The molecule has 1 N–H and O–H groups in total. The summed E-state index contributed by atoms with van der Waals surface area (Å²) in [5, 5.41) is 0. The average Bonchev–Trinajstić information content (AvgIpc) is 2.96. The van der Waals surface area contributed by atoms with Gasteiger partial charge in [0.05, 0.1) is 25.1 Å². The second-order valence-electron chi connectivity index (χ2n) is 5.01. The molecule has 1 aromatic rings. The first-order valence-electron chi connectivity index (χ1n) is 6.50. The molecule has 0 radical (unpaired) electrons. The maximum Gasteiger partial charge on any atom is 0.0625 e. The smallest absolute Gasteiger partial charge is 0.0625 e. The second kappa shape index (κ2) is 5.91. The Morgan fingerprint density at radius 3 is 2.94 bits per heavy atom. The Kier molecular flexibility index (Phi) is 4.02. The summed E-state index contributed by atoms with van der Waals surface area (Å²) >= 11 is 1.76. The molecule has 2 atom stereocenters. The molecule has 0 aliphatic carbocycles. The van der Waals surface area contributed by atoms with E-state index in [1.807, 2.05) is 18.3 Å². The number of fused-ring (bicyclic) bond motifs is 1. The molecule has 0 aromatic carbocycles. The van der Waals surface area contributed by atoms with Gasteiger partial charge < -0.3 is 14.4 Å². The third-order valence-corrected chi connectivity index (χ3v) is 4.44. The first-order chi connectivity index (χ1) is 8.92. The van der Waals surface area contributed by atoms with E-state index >= 15 is 0 Å². The van der Waals surface area contributed by atoms with E-state index in [1.54, 1.807) is 18.1 Å². The number of likely N-dealkylation sites (tertiary alicyclic amines) is 1. The van der Waals surface area contributed by atoms with Crippen molar-refractivity contribution >= 4 is 17.6 Å². The van der Waals surface area contributed by atoms with Gasteiger partial charge in [-0.15, -0.1) is 0 Å². The number of anilines is 1. The highest BCUT2D eigenvalue weighted by Gasteiger charge is 2.36. The van der Waals surface area contributed by atoms with Gasteiger partial charge in [-0.05, 0) is 12.1 Å². The number of hydrogen-bond acceptors (Lipinski definition) is 5. The topological polar surface area (TPSA) is 37.4 Å². The Bertz CT molecular complexity index is 364. The summed E-state index contributed by atoms with van der Waals surface area (Å²) in [4.78, 5) is 6.64. The molecule has 98 valence electrons. The minimum absolute atomic E-state index is 0.793. The average molecular weight is 265 g/mol. The molecule has 0 saturated carbocycles. The maximum atomic E-state index is 5.49. The van der Waals surface area contributed by atoms with Gasteiger partial charge in [0, 0.05) is 43.4 Å². The van der Waals surface area contributed by atoms with Crippen molar-refractivity contribution in [1.82, 2.24) is 9.88 Å². The summed E-state index contributed by atoms with van der Waals surface area (Å²) in [7, 11) is 0. The Morgan fingerprint density at radius 2 is 2.22 bits per heavy atom. The number of nitrogens with zero attached hydrogens (tertiary/aromatic N) is 2. The van der Waals surface area contributed by atoms with Crippen LogP contribution in [0, 0.1) is 11.8 Å². The fourth-order valence-corrected chi connectivity index (χ4v) is 3.44. The predicted octanol–water partition coefficient (Wildman–Crippen LogP) is 1.72. The van der Waals surface area contributed by atoms with Gasteiger partial charge in [0.1, 0.15) is 0 Å². The Balaban J connectivity index is 1.34. The molecule has 2 fully saturated rings. The van der Waals surface area contributed by atoms with Gasteiger partial charge in [-0.2, -0.15) is 0 Å². The van der Waals surface area contributed by atoms with Gasteiger partial charge >= 0.3 is 0 Å². The fourth-order valence-electron chi connectivity index (χ4n) is 2.70. The van der Waals surface area contributed by atoms with Crippen molar-refractivity contribution in [3.8, 4) is 0 Å². The highest BCUT2D eigenvalue weighted by Crippen LogP contribution is 2.28. The van der Waals surface area contributed by atoms with Crippen LogP contribution in [0.2, 0.25) is 0 Å². The van der Waals surface area contributed by atoms with E-state index in [4.69, 9.17) is 4.74 Å². The van der Waals surface area contributed by atoms with Crippen LogP contribution in [0.25, 0.3) is 0 Å². The molecule has 1 aromatic heterocycles. The van der Waals surface area contributed by atoms with Crippen LogP contribution < -0.4 is 4.72 Å². The lowest BCUT2D eigenvalue weighted by molar-refractivity contribution is 0.156. The van der Waals surface area contributed by atoms with Gasteiger partial charge in [-0.1, -0.05) is 11.9 Å². The molecule has 2 aliphatic heterocycles. The minimum atomic E-state index is 0.793. The first kappa shape index (κ1) is 12.3. The number of pyridine rings is 1. The number of aromatic nitrogens is 1. The Hall–Kier alpha value is -0.780. The maximum absolute atomic E-state index is 5.49. The van der Waals surface area contributed by atoms with E-state index in [9.17, 15) is 0 Å².